The molecule has 8 N–H and O–H groups in total. The maximum Gasteiger partial charge on any atom is 0.239 e. The molecule has 2 saturated heterocycles. The largest absolute Gasteiger partial charge is 0.508 e. The predicted octanol–water partition coefficient (Wildman–Crippen LogP) is 0.792. The van der Waals surface area contributed by atoms with E-state index in [4.69, 9.17) is 23.4 Å². The zero-order chi connectivity index (χ0) is 33.6. The molecule has 250 valence electrons. The molecule has 46 heavy (non-hydrogen) atoms. The van der Waals surface area contributed by atoms with E-state index in [-0.39, 0.29) is 45.8 Å². The Kier molecular flexibility index (Phi) is 9.63. The summed E-state index contributed by atoms with van der Waals surface area (Å²) in [7, 11) is 0. The van der Waals surface area contributed by atoms with Gasteiger partial charge < -0.3 is 64.2 Å². The molecule has 2 aromatic carbocycles. The number of aliphatic hydroxyl groups excluding tert-OH is 6. The van der Waals surface area contributed by atoms with Gasteiger partial charge in [-0.3, -0.25) is 4.79 Å². The molecule has 2 aliphatic rings. The van der Waals surface area contributed by atoms with Gasteiger partial charge in [0.05, 0.1) is 12.2 Å². The van der Waals surface area contributed by atoms with Gasteiger partial charge in [0, 0.05) is 17.2 Å². The summed E-state index contributed by atoms with van der Waals surface area (Å²) in [6.45, 7) is 6.59. The van der Waals surface area contributed by atoms with Crippen LogP contribution in [0.4, 0.5) is 0 Å². The fourth-order valence-corrected chi connectivity index (χ4v) is 5.34. The first-order valence-electron chi connectivity index (χ1n) is 14.7. The van der Waals surface area contributed by atoms with Crippen molar-refractivity contribution in [3.8, 4) is 34.3 Å². The molecule has 3 heterocycles. The maximum atomic E-state index is 14.2. The minimum atomic E-state index is -1.77. The number of allylic oxidation sites excluding steroid dienone is 2. The van der Waals surface area contributed by atoms with Crippen LogP contribution in [0, 0.1) is 0 Å². The molecule has 0 radical (unpaired) electrons. The van der Waals surface area contributed by atoms with Gasteiger partial charge in [-0.2, -0.15) is 0 Å². The average molecular weight is 647 g/mol. The van der Waals surface area contributed by atoms with E-state index in [0.29, 0.717) is 0 Å². The van der Waals surface area contributed by atoms with Gasteiger partial charge >= 0.3 is 0 Å². The van der Waals surface area contributed by atoms with E-state index in [0.717, 1.165) is 11.6 Å². The summed E-state index contributed by atoms with van der Waals surface area (Å²) in [5, 5.41) is 82.8. The number of phenols is 2. The van der Waals surface area contributed by atoms with Gasteiger partial charge in [0.1, 0.15) is 64.8 Å². The Balaban J connectivity index is 1.71. The van der Waals surface area contributed by atoms with Crippen molar-refractivity contribution in [1.82, 2.24) is 0 Å². The van der Waals surface area contributed by atoms with Gasteiger partial charge in [-0.25, -0.2) is 0 Å². The van der Waals surface area contributed by atoms with Crippen LogP contribution in [-0.4, -0.2) is 102 Å². The summed E-state index contributed by atoms with van der Waals surface area (Å²) in [5.74, 6) is -1.47. The summed E-state index contributed by atoms with van der Waals surface area (Å²) in [6.07, 6.45) is -12.6. The van der Waals surface area contributed by atoms with Crippen molar-refractivity contribution in [3.63, 3.8) is 0 Å². The van der Waals surface area contributed by atoms with Crippen molar-refractivity contribution in [2.24, 2.45) is 0 Å². The van der Waals surface area contributed by atoms with E-state index in [1.165, 1.54) is 38.1 Å². The van der Waals surface area contributed by atoms with Crippen LogP contribution in [0.15, 0.2) is 51.2 Å². The van der Waals surface area contributed by atoms with E-state index < -0.39 is 78.3 Å². The third-order valence-corrected chi connectivity index (χ3v) is 8.10. The van der Waals surface area contributed by atoms with Gasteiger partial charge in [-0.1, -0.05) is 11.6 Å². The lowest BCUT2D eigenvalue weighted by Crippen LogP contribution is -2.58. The number of fused-ring (bicyclic) bond motifs is 1. The van der Waals surface area contributed by atoms with E-state index in [1.807, 2.05) is 13.8 Å². The quantitative estimate of drug-likeness (QED) is 0.166. The van der Waals surface area contributed by atoms with E-state index in [2.05, 4.69) is 0 Å². The molecular formula is C32H38O14. The highest BCUT2D eigenvalue weighted by Gasteiger charge is 2.45. The molecular weight excluding hydrogens is 608 g/mol. The summed E-state index contributed by atoms with van der Waals surface area (Å²) < 4.78 is 29.2. The Hall–Kier alpha value is -3.73. The Morgan fingerprint density at radius 1 is 0.804 bits per heavy atom. The van der Waals surface area contributed by atoms with Gasteiger partial charge in [0.15, 0.2) is 5.76 Å². The van der Waals surface area contributed by atoms with Crippen molar-refractivity contribution in [1.29, 1.82) is 0 Å². The fourth-order valence-electron chi connectivity index (χ4n) is 5.34. The van der Waals surface area contributed by atoms with Gasteiger partial charge in [0.2, 0.25) is 23.8 Å². The molecule has 14 heteroatoms. The standard InChI is InChI=1S/C32H38O14/c1-12(2)5-10-17-19(44-31-26(40)24(38)21(35)13(3)42-31)11-18(34)20-23(37)30(46-32-27(41)25(39)22(36)14(4)43-32)28(45-29(17)20)15-6-8-16(33)9-7-15/h5-9,11,13-14,21-22,24-27,31-36,38-41H,10H2,1-4H3/t13-,14-,21-,22-,24+,25+,26+,27+,31-,32-/m0/s1. The highest BCUT2D eigenvalue weighted by Crippen LogP contribution is 2.41. The van der Waals surface area contributed by atoms with Crippen molar-refractivity contribution < 1.29 is 64.2 Å². The normalized spacial score (nSPS) is 31.4. The van der Waals surface area contributed by atoms with Crippen molar-refractivity contribution in [2.75, 3.05) is 0 Å². The highest BCUT2D eigenvalue weighted by molar-refractivity contribution is 5.91. The smallest absolute Gasteiger partial charge is 0.239 e. The lowest BCUT2D eigenvalue weighted by Gasteiger charge is -2.39. The highest BCUT2D eigenvalue weighted by atomic mass is 16.7. The number of aliphatic hydroxyl groups is 6. The topological polar surface area (TPSA) is 229 Å². The van der Waals surface area contributed by atoms with E-state index >= 15 is 0 Å². The molecule has 2 fully saturated rings. The van der Waals surface area contributed by atoms with Crippen LogP contribution >= 0.6 is 0 Å². The van der Waals surface area contributed by atoms with Crippen molar-refractivity contribution in [3.05, 3.63) is 57.8 Å². The molecule has 5 rings (SSSR count). The minimum Gasteiger partial charge on any atom is -0.508 e. The summed E-state index contributed by atoms with van der Waals surface area (Å²) in [4.78, 5) is 14.2. The van der Waals surface area contributed by atoms with Crippen LogP contribution in [0.25, 0.3) is 22.3 Å². The first-order valence-corrected chi connectivity index (χ1v) is 14.7. The Morgan fingerprint density at radius 3 is 1.89 bits per heavy atom. The van der Waals surface area contributed by atoms with E-state index in [1.54, 1.807) is 6.08 Å². The zero-order valence-corrected chi connectivity index (χ0v) is 25.5. The van der Waals surface area contributed by atoms with Crippen LogP contribution in [0.3, 0.4) is 0 Å². The van der Waals surface area contributed by atoms with Crippen molar-refractivity contribution in [2.45, 2.75) is 95.5 Å². The number of ether oxygens (including phenoxy) is 4. The minimum absolute atomic E-state index is 0.0622. The Labute approximate surface area is 262 Å². The number of benzene rings is 2. The number of aromatic hydroxyl groups is 2. The molecule has 3 aromatic rings. The predicted molar refractivity (Wildman–Crippen MR) is 160 cm³/mol. The van der Waals surface area contributed by atoms with E-state index in [9.17, 15) is 45.6 Å². The molecule has 0 aliphatic carbocycles. The van der Waals surface area contributed by atoms with Crippen LogP contribution in [0.5, 0.6) is 23.0 Å². The molecule has 1 aromatic heterocycles. The van der Waals surface area contributed by atoms with Crippen molar-refractivity contribution >= 4 is 11.0 Å². The maximum absolute atomic E-state index is 14.2. The first-order chi connectivity index (χ1) is 21.7. The molecule has 0 spiro atoms. The molecule has 0 bridgehead atoms. The van der Waals surface area contributed by atoms with Crippen LogP contribution in [-0.2, 0) is 15.9 Å². The van der Waals surface area contributed by atoms with Crippen LogP contribution < -0.4 is 14.9 Å². The fraction of sp³-hybridized carbons (Fsp3) is 0.469. The summed E-state index contributed by atoms with van der Waals surface area (Å²) in [5.41, 5.74) is 0.329. The third-order valence-electron chi connectivity index (χ3n) is 8.10. The molecule has 14 nitrogen and oxygen atoms in total. The second-order valence-corrected chi connectivity index (χ2v) is 11.8. The average Bonchev–Trinajstić information content (AvgIpc) is 3.01. The van der Waals surface area contributed by atoms with Crippen LogP contribution in [0.1, 0.15) is 33.3 Å². The second kappa shape index (κ2) is 13.2. The van der Waals surface area contributed by atoms with Crippen LogP contribution in [0.2, 0.25) is 0 Å². The van der Waals surface area contributed by atoms with Gasteiger partial charge in [0.25, 0.3) is 0 Å². The number of phenolic OH excluding ortho intramolecular Hbond substituents is 2. The van der Waals surface area contributed by atoms with Gasteiger partial charge in [-0.05, 0) is 58.4 Å². The molecule has 0 amide bonds. The number of hydrogen-bond donors (Lipinski definition) is 8. The summed E-state index contributed by atoms with van der Waals surface area (Å²) >= 11 is 0. The SMILES string of the molecule is CC(C)=CCc1c(O[C@@H]2O[C@@H](C)[C@H](O)[C@@H](O)[C@H]2O)cc(O)c2c(=O)c(O[C@@H]3O[C@@H](C)[C@H](O)[C@@H](O)[C@H]3O)c(-c3ccc(O)cc3)oc12. The third kappa shape index (κ3) is 6.30. The lowest BCUT2D eigenvalue weighted by atomic mass is 9.99. The van der Waals surface area contributed by atoms with Gasteiger partial charge in [-0.15, -0.1) is 0 Å². The number of rotatable bonds is 7. The molecule has 0 saturated carbocycles. The second-order valence-electron chi connectivity index (χ2n) is 11.8. The Bertz CT molecular complexity index is 1650. The molecule has 10 atom stereocenters. The Morgan fingerprint density at radius 2 is 1.35 bits per heavy atom. The zero-order valence-electron chi connectivity index (χ0n) is 25.5. The number of hydrogen-bond acceptors (Lipinski definition) is 14. The molecule has 0 unspecified atom stereocenters. The summed E-state index contributed by atoms with van der Waals surface area (Å²) in [6, 6.07) is 6.65. The lowest BCUT2D eigenvalue weighted by molar-refractivity contribution is -0.268. The molecule has 2 aliphatic heterocycles. The monoisotopic (exact) mass is 646 g/mol. The first kappa shape index (κ1) is 33.6.